The molecule has 0 spiro atoms. The highest BCUT2D eigenvalue weighted by atomic mass is 32.1. The lowest BCUT2D eigenvalue weighted by atomic mass is 10.1. The molecule has 12 heteroatoms. The van der Waals surface area contributed by atoms with E-state index in [4.69, 9.17) is 13.9 Å². The van der Waals surface area contributed by atoms with Crippen LogP contribution in [0.2, 0.25) is 0 Å². The SMILES string of the molecule is CCOC(=O)c1c(NC(=O)COC(=O)C2CCCN2C(=O)c2ccco2)sc(C(=O)NC)c1C. The summed E-state index contributed by atoms with van der Waals surface area (Å²) in [6.07, 6.45) is 2.38. The molecule has 2 N–H and O–H groups in total. The van der Waals surface area contributed by atoms with Crippen molar-refractivity contribution in [3.63, 3.8) is 0 Å². The highest BCUT2D eigenvalue weighted by Gasteiger charge is 2.37. The molecular formula is C22H25N3O8S. The van der Waals surface area contributed by atoms with E-state index in [1.165, 1.54) is 24.3 Å². The molecule has 1 fully saturated rings. The first-order valence-corrected chi connectivity index (χ1v) is 11.4. The number of thiophene rings is 1. The molecule has 0 aliphatic carbocycles. The average Bonchev–Trinajstić information content (AvgIpc) is 3.57. The van der Waals surface area contributed by atoms with E-state index in [0.717, 1.165) is 11.3 Å². The summed E-state index contributed by atoms with van der Waals surface area (Å²) in [6, 6.07) is 2.26. The second-order valence-electron chi connectivity index (χ2n) is 7.35. The van der Waals surface area contributed by atoms with Crippen LogP contribution in [-0.4, -0.2) is 67.4 Å². The van der Waals surface area contributed by atoms with Gasteiger partial charge in [0.2, 0.25) is 0 Å². The second-order valence-corrected chi connectivity index (χ2v) is 8.37. The van der Waals surface area contributed by atoms with Gasteiger partial charge in [-0.05, 0) is 44.4 Å². The molecule has 2 aromatic rings. The molecule has 1 aliphatic heterocycles. The summed E-state index contributed by atoms with van der Waals surface area (Å²) < 4.78 is 15.3. The van der Waals surface area contributed by atoms with Crippen LogP contribution < -0.4 is 10.6 Å². The Bertz CT molecular complexity index is 1090. The highest BCUT2D eigenvalue weighted by molar-refractivity contribution is 7.18. The number of amides is 3. The molecule has 1 atom stereocenters. The standard InChI is InChI=1S/C22H25N3O8S/c1-4-31-22(30)16-12(2)17(18(27)23-3)34-19(16)24-15(26)11-33-21(29)13-7-5-9-25(13)20(28)14-8-6-10-32-14/h6,8,10,13H,4-5,7,9,11H2,1-3H3,(H,23,27)(H,24,26). The van der Waals surface area contributed by atoms with Gasteiger partial charge in [-0.15, -0.1) is 11.3 Å². The van der Waals surface area contributed by atoms with Crippen molar-refractivity contribution in [1.82, 2.24) is 10.2 Å². The van der Waals surface area contributed by atoms with Crippen molar-refractivity contribution in [3.05, 3.63) is 40.2 Å². The molecule has 2 aromatic heterocycles. The number of hydrogen-bond donors (Lipinski definition) is 2. The number of anilines is 1. The Labute approximate surface area is 199 Å². The number of ether oxygens (including phenoxy) is 2. The zero-order chi connectivity index (χ0) is 24.8. The number of nitrogens with one attached hydrogen (secondary N) is 2. The zero-order valence-corrected chi connectivity index (χ0v) is 19.8. The Balaban J connectivity index is 1.66. The maximum Gasteiger partial charge on any atom is 0.341 e. The number of furan rings is 1. The molecule has 3 rings (SSSR count). The molecule has 1 saturated heterocycles. The molecular weight excluding hydrogens is 466 g/mol. The second kappa shape index (κ2) is 11.0. The Morgan fingerprint density at radius 2 is 2.00 bits per heavy atom. The Morgan fingerprint density at radius 3 is 2.65 bits per heavy atom. The first-order valence-electron chi connectivity index (χ1n) is 10.6. The van der Waals surface area contributed by atoms with Gasteiger partial charge in [-0.1, -0.05) is 0 Å². The van der Waals surface area contributed by atoms with Gasteiger partial charge in [0.1, 0.15) is 11.0 Å². The summed E-state index contributed by atoms with van der Waals surface area (Å²) in [5.74, 6) is -2.83. The predicted molar refractivity (Wildman–Crippen MR) is 121 cm³/mol. The van der Waals surface area contributed by atoms with Crippen LogP contribution in [0.3, 0.4) is 0 Å². The molecule has 0 radical (unpaired) electrons. The summed E-state index contributed by atoms with van der Waals surface area (Å²) in [4.78, 5) is 63.7. The van der Waals surface area contributed by atoms with E-state index in [1.54, 1.807) is 19.9 Å². The number of hydrogen-bond acceptors (Lipinski definition) is 9. The van der Waals surface area contributed by atoms with Crippen LogP contribution in [0.25, 0.3) is 0 Å². The average molecular weight is 492 g/mol. The van der Waals surface area contributed by atoms with Crippen molar-refractivity contribution in [2.45, 2.75) is 32.7 Å². The van der Waals surface area contributed by atoms with Gasteiger partial charge in [-0.2, -0.15) is 0 Å². The summed E-state index contributed by atoms with van der Waals surface area (Å²) in [7, 11) is 1.45. The van der Waals surface area contributed by atoms with Crippen LogP contribution in [0.5, 0.6) is 0 Å². The van der Waals surface area contributed by atoms with Crippen LogP contribution in [0.15, 0.2) is 22.8 Å². The van der Waals surface area contributed by atoms with Crippen molar-refractivity contribution in [2.75, 3.05) is 32.1 Å². The van der Waals surface area contributed by atoms with Crippen molar-refractivity contribution in [1.29, 1.82) is 0 Å². The van der Waals surface area contributed by atoms with Gasteiger partial charge in [0, 0.05) is 13.6 Å². The van der Waals surface area contributed by atoms with Crippen molar-refractivity contribution in [3.8, 4) is 0 Å². The topological polar surface area (TPSA) is 144 Å². The van der Waals surface area contributed by atoms with Crippen molar-refractivity contribution >= 4 is 46.0 Å². The molecule has 0 saturated carbocycles. The molecule has 1 aliphatic rings. The van der Waals surface area contributed by atoms with Crippen LogP contribution in [0.1, 0.15) is 55.9 Å². The maximum absolute atomic E-state index is 12.6. The van der Waals surface area contributed by atoms with E-state index in [1.807, 2.05) is 0 Å². The summed E-state index contributed by atoms with van der Waals surface area (Å²) >= 11 is 0.915. The van der Waals surface area contributed by atoms with E-state index in [0.29, 0.717) is 24.9 Å². The minimum atomic E-state index is -0.829. The van der Waals surface area contributed by atoms with Crippen LogP contribution in [0, 0.1) is 6.92 Å². The Hall–Kier alpha value is -3.67. The van der Waals surface area contributed by atoms with Gasteiger partial charge in [0.05, 0.1) is 23.3 Å². The number of nitrogens with zero attached hydrogens (tertiary/aromatic N) is 1. The van der Waals surface area contributed by atoms with Crippen LogP contribution in [0.4, 0.5) is 5.00 Å². The lowest BCUT2D eigenvalue weighted by Crippen LogP contribution is -2.42. The molecule has 3 amide bonds. The lowest BCUT2D eigenvalue weighted by Gasteiger charge is -2.22. The Kier molecular flexibility index (Phi) is 8.05. The minimum Gasteiger partial charge on any atom is -0.462 e. The Morgan fingerprint density at radius 1 is 1.24 bits per heavy atom. The third kappa shape index (κ3) is 5.28. The maximum atomic E-state index is 12.6. The number of esters is 2. The number of carbonyl (C=O) groups is 5. The summed E-state index contributed by atoms with van der Waals surface area (Å²) in [6.45, 7) is 3.06. The van der Waals surface area contributed by atoms with Gasteiger partial charge < -0.3 is 29.4 Å². The largest absolute Gasteiger partial charge is 0.462 e. The van der Waals surface area contributed by atoms with Crippen LogP contribution >= 0.6 is 11.3 Å². The number of carbonyl (C=O) groups excluding carboxylic acids is 5. The first kappa shape index (κ1) is 25.0. The lowest BCUT2D eigenvalue weighted by molar-refractivity contribution is -0.151. The van der Waals surface area contributed by atoms with Gasteiger partial charge >= 0.3 is 11.9 Å². The van der Waals surface area contributed by atoms with Crippen LogP contribution in [-0.2, 0) is 19.1 Å². The van der Waals surface area contributed by atoms with Crippen molar-refractivity contribution < 1.29 is 37.9 Å². The summed E-state index contributed by atoms with van der Waals surface area (Å²) in [5, 5.41) is 5.12. The van der Waals surface area contributed by atoms with Gasteiger partial charge in [0.25, 0.3) is 17.7 Å². The normalized spacial score (nSPS) is 15.0. The van der Waals surface area contributed by atoms with E-state index < -0.39 is 42.3 Å². The van der Waals surface area contributed by atoms with Gasteiger partial charge in [-0.3, -0.25) is 14.4 Å². The summed E-state index contributed by atoms with van der Waals surface area (Å²) in [5.41, 5.74) is 0.435. The molecule has 11 nitrogen and oxygen atoms in total. The van der Waals surface area contributed by atoms with Gasteiger partial charge in [0.15, 0.2) is 12.4 Å². The minimum absolute atomic E-state index is 0.0659. The van der Waals surface area contributed by atoms with E-state index in [9.17, 15) is 24.0 Å². The first-order chi connectivity index (χ1) is 16.3. The van der Waals surface area contributed by atoms with E-state index in [-0.39, 0.29) is 27.8 Å². The van der Waals surface area contributed by atoms with E-state index in [2.05, 4.69) is 10.6 Å². The fourth-order valence-corrected chi connectivity index (χ4v) is 4.73. The van der Waals surface area contributed by atoms with Crippen molar-refractivity contribution in [2.24, 2.45) is 0 Å². The third-order valence-corrected chi connectivity index (χ3v) is 6.38. The smallest absolute Gasteiger partial charge is 0.341 e. The highest BCUT2D eigenvalue weighted by Crippen LogP contribution is 2.33. The predicted octanol–water partition coefficient (Wildman–Crippen LogP) is 1.97. The molecule has 1 unspecified atom stereocenters. The molecule has 34 heavy (non-hydrogen) atoms. The molecule has 3 heterocycles. The monoisotopic (exact) mass is 491 g/mol. The zero-order valence-electron chi connectivity index (χ0n) is 19.0. The quantitative estimate of drug-likeness (QED) is 0.534. The fraction of sp³-hybridized carbons (Fsp3) is 0.409. The molecule has 182 valence electrons. The van der Waals surface area contributed by atoms with Gasteiger partial charge in [-0.25, -0.2) is 9.59 Å². The number of rotatable bonds is 8. The van der Waals surface area contributed by atoms with E-state index >= 15 is 0 Å². The molecule has 0 aromatic carbocycles. The number of likely N-dealkylation sites (tertiary alicyclic amines) is 1. The molecule has 0 bridgehead atoms. The fourth-order valence-electron chi connectivity index (χ4n) is 3.57. The third-order valence-electron chi connectivity index (χ3n) is 5.18.